The van der Waals surface area contributed by atoms with Crippen LogP contribution in [0.5, 0.6) is 0 Å². The third-order valence-electron chi connectivity index (χ3n) is 3.89. The highest BCUT2D eigenvalue weighted by Gasteiger charge is 2.12. The Kier molecular flexibility index (Phi) is 4.40. The number of nitrogens with zero attached hydrogens (tertiary/aromatic N) is 3. The second-order valence-electron chi connectivity index (χ2n) is 5.92. The molecule has 0 bridgehead atoms. The molecule has 5 nitrogen and oxygen atoms in total. The van der Waals surface area contributed by atoms with Crippen LogP contribution in [0.2, 0.25) is 0 Å². The van der Waals surface area contributed by atoms with Gasteiger partial charge in [0.25, 0.3) is 5.91 Å². The van der Waals surface area contributed by atoms with Gasteiger partial charge in [0, 0.05) is 31.5 Å². The first-order valence-electron chi connectivity index (χ1n) is 8.00. The highest BCUT2D eigenvalue weighted by atomic mass is 32.1. The number of benzene rings is 1. The number of fused-ring (bicyclic) bond motifs is 1. The topological polar surface area (TPSA) is 58.1 Å². The SMILES string of the molecule is CN(C)c1ccc(C(=O)Nc2ccc(-c3nc4cnccc4s3)s2)cc1. The molecule has 3 aromatic heterocycles. The normalized spacial score (nSPS) is 10.8. The zero-order chi connectivity index (χ0) is 18.1. The van der Waals surface area contributed by atoms with Crippen LogP contribution in [0.4, 0.5) is 10.7 Å². The van der Waals surface area contributed by atoms with Crippen LogP contribution in [0.3, 0.4) is 0 Å². The zero-order valence-electron chi connectivity index (χ0n) is 14.3. The van der Waals surface area contributed by atoms with Gasteiger partial charge in [0.05, 0.1) is 20.8 Å². The van der Waals surface area contributed by atoms with Crippen molar-refractivity contribution in [3.8, 4) is 9.88 Å². The van der Waals surface area contributed by atoms with Crippen LogP contribution in [-0.2, 0) is 0 Å². The molecule has 0 saturated carbocycles. The number of carbonyl (C=O) groups is 1. The number of nitrogens with one attached hydrogen (secondary N) is 1. The van der Waals surface area contributed by atoms with E-state index in [1.807, 2.05) is 61.5 Å². The zero-order valence-corrected chi connectivity index (χ0v) is 15.9. The predicted molar refractivity (Wildman–Crippen MR) is 109 cm³/mol. The van der Waals surface area contributed by atoms with Crippen molar-refractivity contribution in [3.05, 3.63) is 60.4 Å². The maximum absolute atomic E-state index is 12.4. The first-order valence-corrected chi connectivity index (χ1v) is 9.63. The van der Waals surface area contributed by atoms with Gasteiger partial charge in [-0.1, -0.05) is 0 Å². The molecule has 0 aliphatic rings. The van der Waals surface area contributed by atoms with E-state index in [1.165, 1.54) is 11.3 Å². The first kappa shape index (κ1) is 16.7. The van der Waals surface area contributed by atoms with Crippen LogP contribution in [-0.4, -0.2) is 30.0 Å². The van der Waals surface area contributed by atoms with Crippen molar-refractivity contribution in [2.45, 2.75) is 0 Å². The van der Waals surface area contributed by atoms with Gasteiger partial charge in [-0.2, -0.15) is 0 Å². The lowest BCUT2D eigenvalue weighted by Gasteiger charge is -2.12. The molecule has 0 radical (unpaired) electrons. The number of pyridine rings is 1. The number of thiazole rings is 1. The quantitative estimate of drug-likeness (QED) is 0.556. The van der Waals surface area contributed by atoms with Gasteiger partial charge >= 0.3 is 0 Å². The minimum Gasteiger partial charge on any atom is -0.378 e. The van der Waals surface area contributed by atoms with E-state index in [0.29, 0.717) is 5.56 Å². The van der Waals surface area contributed by atoms with Gasteiger partial charge in [0.2, 0.25) is 0 Å². The first-order chi connectivity index (χ1) is 12.6. The predicted octanol–water partition coefficient (Wildman–Crippen LogP) is 4.74. The van der Waals surface area contributed by atoms with Crippen LogP contribution >= 0.6 is 22.7 Å². The molecule has 0 spiro atoms. The molecule has 26 heavy (non-hydrogen) atoms. The molecular formula is C19H16N4OS2. The third-order valence-corrected chi connectivity index (χ3v) is 6.10. The van der Waals surface area contributed by atoms with E-state index in [2.05, 4.69) is 15.3 Å². The Morgan fingerprint density at radius 1 is 1.04 bits per heavy atom. The van der Waals surface area contributed by atoms with Crippen LogP contribution in [0, 0.1) is 0 Å². The Hall–Kier alpha value is -2.77. The van der Waals surface area contributed by atoms with Crippen molar-refractivity contribution in [2.24, 2.45) is 0 Å². The Balaban J connectivity index is 1.51. The average molecular weight is 380 g/mol. The fraction of sp³-hybridized carbons (Fsp3) is 0.105. The van der Waals surface area contributed by atoms with Gasteiger partial charge in [0.1, 0.15) is 10.5 Å². The monoisotopic (exact) mass is 380 g/mol. The van der Waals surface area contributed by atoms with Crippen LogP contribution < -0.4 is 10.2 Å². The van der Waals surface area contributed by atoms with Gasteiger partial charge < -0.3 is 10.2 Å². The fourth-order valence-electron chi connectivity index (χ4n) is 2.50. The molecule has 1 amide bonds. The number of hydrogen-bond donors (Lipinski definition) is 1. The Morgan fingerprint density at radius 3 is 2.58 bits per heavy atom. The third kappa shape index (κ3) is 3.31. The molecule has 4 aromatic rings. The molecule has 0 aliphatic heterocycles. The molecular weight excluding hydrogens is 364 g/mol. The molecule has 3 heterocycles. The van der Waals surface area contributed by atoms with Crippen LogP contribution in [0.1, 0.15) is 10.4 Å². The van der Waals surface area contributed by atoms with Gasteiger partial charge in [0.15, 0.2) is 0 Å². The number of thiophene rings is 1. The van der Waals surface area contributed by atoms with E-state index in [9.17, 15) is 4.79 Å². The summed E-state index contributed by atoms with van der Waals surface area (Å²) in [6.45, 7) is 0. The van der Waals surface area contributed by atoms with E-state index < -0.39 is 0 Å². The van der Waals surface area contributed by atoms with Crippen molar-refractivity contribution >= 4 is 49.5 Å². The summed E-state index contributed by atoms with van der Waals surface area (Å²) >= 11 is 3.14. The summed E-state index contributed by atoms with van der Waals surface area (Å²) in [7, 11) is 3.95. The van der Waals surface area contributed by atoms with Gasteiger partial charge in [-0.3, -0.25) is 9.78 Å². The number of aromatic nitrogens is 2. The van der Waals surface area contributed by atoms with E-state index >= 15 is 0 Å². The smallest absolute Gasteiger partial charge is 0.256 e. The molecule has 0 fully saturated rings. The number of amides is 1. The molecule has 0 atom stereocenters. The van der Waals surface area contributed by atoms with Gasteiger partial charge in [-0.05, 0) is 42.5 Å². The molecule has 1 aromatic carbocycles. The van der Waals surface area contributed by atoms with Crippen molar-refractivity contribution in [1.29, 1.82) is 0 Å². The lowest BCUT2D eigenvalue weighted by atomic mass is 10.2. The maximum atomic E-state index is 12.4. The number of rotatable bonds is 4. The van der Waals surface area contributed by atoms with Crippen molar-refractivity contribution in [2.75, 3.05) is 24.3 Å². The summed E-state index contributed by atoms with van der Waals surface area (Å²) < 4.78 is 1.11. The summed E-state index contributed by atoms with van der Waals surface area (Å²) in [4.78, 5) is 24.2. The second kappa shape index (κ2) is 6.86. The van der Waals surface area contributed by atoms with E-state index in [4.69, 9.17) is 0 Å². The highest BCUT2D eigenvalue weighted by molar-refractivity contribution is 7.26. The van der Waals surface area contributed by atoms with Crippen molar-refractivity contribution in [3.63, 3.8) is 0 Å². The Morgan fingerprint density at radius 2 is 1.85 bits per heavy atom. The summed E-state index contributed by atoms with van der Waals surface area (Å²) in [6.07, 6.45) is 3.54. The molecule has 130 valence electrons. The van der Waals surface area contributed by atoms with Crippen molar-refractivity contribution < 1.29 is 4.79 Å². The van der Waals surface area contributed by atoms with E-state index in [1.54, 1.807) is 23.7 Å². The molecule has 0 aliphatic carbocycles. The lowest BCUT2D eigenvalue weighted by molar-refractivity contribution is 0.102. The van der Waals surface area contributed by atoms with Gasteiger partial charge in [-0.25, -0.2) is 4.98 Å². The lowest BCUT2D eigenvalue weighted by Crippen LogP contribution is -2.12. The highest BCUT2D eigenvalue weighted by Crippen LogP contribution is 2.36. The number of anilines is 2. The summed E-state index contributed by atoms with van der Waals surface area (Å²) in [6, 6.07) is 13.4. The molecule has 7 heteroatoms. The minimum absolute atomic E-state index is 0.114. The fourth-order valence-corrected chi connectivity index (χ4v) is 4.39. The molecule has 0 unspecified atom stereocenters. The molecule has 1 N–H and O–H groups in total. The Labute approximate surface area is 159 Å². The van der Waals surface area contributed by atoms with E-state index in [-0.39, 0.29) is 5.91 Å². The van der Waals surface area contributed by atoms with E-state index in [0.717, 1.165) is 30.8 Å². The summed E-state index contributed by atoms with van der Waals surface area (Å²) in [5.74, 6) is -0.114. The summed E-state index contributed by atoms with van der Waals surface area (Å²) in [5, 5.41) is 4.70. The summed E-state index contributed by atoms with van der Waals surface area (Å²) in [5.41, 5.74) is 2.59. The van der Waals surface area contributed by atoms with Crippen molar-refractivity contribution in [1.82, 2.24) is 9.97 Å². The Bertz CT molecular complexity index is 1030. The standard InChI is InChI=1S/C19H16N4OS2/c1-23(2)13-5-3-12(4-6-13)18(24)22-17-8-7-16(25-17)19-21-14-11-20-10-9-15(14)26-19/h3-11H,1-2H3,(H,22,24). The molecule has 0 saturated heterocycles. The average Bonchev–Trinajstić information content (AvgIpc) is 3.28. The number of carbonyl (C=O) groups excluding carboxylic acids is 1. The largest absolute Gasteiger partial charge is 0.378 e. The van der Waals surface area contributed by atoms with Crippen LogP contribution in [0.25, 0.3) is 20.1 Å². The van der Waals surface area contributed by atoms with Crippen LogP contribution in [0.15, 0.2) is 54.9 Å². The van der Waals surface area contributed by atoms with Gasteiger partial charge in [-0.15, -0.1) is 22.7 Å². The number of hydrogen-bond acceptors (Lipinski definition) is 6. The maximum Gasteiger partial charge on any atom is 0.256 e. The molecule has 4 rings (SSSR count). The second-order valence-corrected chi connectivity index (χ2v) is 8.04. The minimum atomic E-state index is -0.114.